The first-order chi connectivity index (χ1) is 5.74. The number of hydrogen-bond donors (Lipinski definition) is 2. The van der Waals surface area contributed by atoms with Crippen molar-refractivity contribution >= 4 is 0 Å². The number of nitrogens with zero attached hydrogens (tertiary/aromatic N) is 2. The molecule has 0 aliphatic rings. The van der Waals surface area contributed by atoms with E-state index in [-0.39, 0.29) is 0 Å². The van der Waals surface area contributed by atoms with Crippen molar-refractivity contribution in [3.63, 3.8) is 0 Å². The largest absolute Gasteiger partial charge is 0.329 e. The first-order valence-electron chi connectivity index (χ1n) is 4.12. The molecule has 0 radical (unpaired) electrons. The standard InChI is InChI=1S/C8H16N4/c1-7-8(5-10-11-7)6-12(2)4-3-9/h5H,3-4,6,9H2,1-2H3,(H,10,11). The van der Waals surface area contributed by atoms with Gasteiger partial charge in [0.15, 0.2) is 0 Å². The Morgan fingerprint density at radius 2 is 2.42 bits per heavy atom. The summed E-state index contributed by atoms with van der Waals surface area (Å²) in [5.74, 6) is 0. The second kappa shape index (κ2) is 4.23. The van der Waals surface area contributed by atoms with E-state index in [9.17, 15) is 0 Å². The minimum Gasteiger partial charge on any atom is -0.329 e. The van der Waals surface area contributed by atoms with Gasteiger partial charge < -0.3 is 10.6 Å². The molecule has 4 heteroatoms. The SMILES string of the molecule is Cc1n[nH]cc1CN(C)CCN. The smallest absolute Gasteiger partial charge is 0.0636 e. The van der Waals surface area contributed by atoms with Gasteiger partial charge in [-0.3, -0.25) is 5.10 Å². The Balaban J connectivity index is 2.46. The molecule has 0 aliphatic carbocycles. The molecule has 1 rings (SSSR count). The van der Waals surface area contributed by atoms with E-state index in [1.807, 2.05) is 13.1 Å². The summed E-state index contributed by atoms with van der Waals surface area (Å²) in [7, 11) is 2.05. The third kappa shape index (κ3) is 2.32. The van der Waals surface area contributed by atoms with Crippen LogP contribution in [-0.4, -0.2) is 35.2 Å². The van der Waals surface area contributed by atoms with Crippen molar-refractivity contribution in [2.75, 3.05) is 20.1 Å². The summed E-state index contributed by atoms with van der Waals surface area (Å²) in [6, 6.07) is 0. The van der Waals surface area contributed by atoms with Gasteiger partial charge in [0, 0.05) is 31.4 Å². The van der Waals surface area contributed by atoms with Crippen LogP contribution in [0.3, 0.4) is 0 Å². The van der Waals surface area contributed by atoms with Crippen LogP contribution in [0.15, 0.2) is 6.20 Å². The van der Waals surface area contributed by atoms with Crippen LogP contribution < -0.4 is 5.73 Å². The zero-order valence-electron chi connectivity index (χ0n) is 7.67. The molecule has 0 spiro atoms. The Bertz CT molecular complexity index is 231. The van der Waals surface area contributed by atoms with Crippen LogP contribution in [0.4, 0.5) is 0 Å². The second-order valence-electron chi connectivity index (χ2n) is 3.02. The zero-order valence-corrected chi connectivity index (χ0v) is 7.67. The van der Waals surface area contributed by atoms with E-state index in [2.05, 4.69) is 22.1 Å². The van der Waals surface area contributed by atoms with Crippen LogP contribution in [0, 0.1) is 6.92 Å². The van der Waals surface area contributed by atoms with Gasteiger partial charge in [-0.25, -0.2) is 0 Å². The van der Waals surface area contributed by atoms with Gasteiger partial charge in [0.2, 0.25) is 0 Å². The molecule has 0 fully saturated rings. The topological polar surface area (TPSA) is 57.9 Å². The van der Waals surface area contributed by atoms with Crippen LogP contribution in [0.2, 0.25) is 0 Å². The summed E-state index contributed by atoms with van der Waals surface area (Å²) in [6.07, 6.45) is 1.93. The molecule has 0 bridgehead atoms. The number of nitrogens with two attached hydrogens (primary N) is 1. The van der Waals surface area contributed by atoms with Gasteiger partial charge in [-0.1, -0.05) is 0 Å². The lowest BCUT2D eigenvalue weighted by Gasteiger charge is -2.14. The van der Waals surface area contributed by atoms with Gasteiger partial charge in [-0.05, 0) is 14.0 Å². The zero-order chi connectivity index (χ0) is 8.97. The maximum absolute atomic E-state index is 5.43. The third-order valence-electron chi connectivity index (χ3n) is 1.89. The molecule has 0 aliphatic heterocycles. The average Bonchev–Trinajstić information content (AvgIpc) is 2.37. The second-order valence-corrected chi connectivity index (χ2v) is 3.02. The Morgan fingerprint density at radius 1 is 1.67 bits per heavy atom. The number of H-pyrrole nitrogens is 1. The van der Waals surface area contributed by atoms with Crippen molar-refractivity contribution in [3.05, 3.63) is 17.5 Å². The lowest BCUT2D eigenvalue weighted by atomic mass is 10.2. The molecule has 0 unspecified atom stereocenters. The van der Waals surface area contributed by atoms with E-state index >= 15 is 0 Å². The molecule has 3 N–H and O–H groups in total. The predicted octanol–water partition coefficient (Wildman–Crippen LogP) is 0.109. The van der Waals surface area contributed by atoms with Crippen LogP contribution in [0.5, 0.6) is 0 Å². The van der Waals surface area contributed by atoms with Crippen molar-refractivity contribution in [3.8, 4) is 0 Å². The fraction of sp³-hybridized carbons (Fsp3) is 0.625. The fourth-order valence-corrected chi connectivity index (χ4v) is 1.13. The Kier molecular flexibility index (Phi) is 3.25. The number of hydrogen-bond acceptors (Lipinski definition) is 3. The maximum atomic E-state index is 5.43. The van der Waals surface area contributed by atoms with Gasteiger partial charge in [-0.15, -0.1) is 0 Å². The highest BCUT2D eigenvalue weighted by Gasteiger charge is 2.03. The Labute approximate surface area is 72.8 Å². The molecule has 68 valence electrons. The molecular formula is C8H16N4. The highest BCUT2D eigenvalue weighted by molar-refractivity contribution is 5.13. The number of rotatable bonds is 4. The lowest BCUT2D eigenvalue weighted by molar-refractivity contribution is 0.335. The number of likely N-dealkylation sites (N-methyl/N-ethyl adjacent to an activating group) is 1. The molecule has 4 nitrogen and oxygen atoms in total. The summed E-state index contributed by atoms with van der Waals surface area (Å²) >= 11 is 0. The summed E-state index contributed by atoms with van der Waals surface area (Å²) in [5.41, 5.74) is 7.74. The normalized spacial score (nSPS) is 11.0. The first-order valence-corrected chi connectivity index (χ1v) is 4.12. The minimum atomic E-state index is 0.702. The van der Waals surface area contributed by atoms with Crippen LogP contribution in [0.1, 0.15) is 11.3 Å². The van der Waals surface area contributed by atoms with Crippen molar-refractivity contribution in [1.82, 2.24) is 15.1 Å². The summed E-state index contributed by atoms with van der Waals surface area (Å²) in [6.45, 7) is 4.54. The quantitative estimate of drug-likeness (QED) is 0.671. The molecule has 1 heterocycles. The average molecular weight is 168 g/mol. The summed E-state index contributed by atoms with van der Waals surface area (Å²) in [4.78, 5) is 2.18. The van der Waals surface area contributed by atoms with Gasteiger partial charge in [0.1, 0.15) is 0 Å². The molecular weight excluding hydrogens is 152 g/mol. The number of aromatic amines is 1. The summed E-state index contributed by atoms with van der Waals surface area (Å²) < 4.78 is 0. The van der Waals surface area contributed by atoms with Gasteiger partial charge in [-0.2, -0.15) is 5.10 Å². The van der Waals surface area contributed by atoms with Gasteiger partial charge in [0.25, 0.3) is 0 Å². The maximum Gasteiger partial charge on any atom is 0.0636 e. The molecule has 12 heavy (non-hydrogen) atoms. The minimum absolute atomic E-state index is 0.702. The molecule has 0 atom stereocenters. The number of aryl methyl sites for hydroxylation is 1. The van der Waals surface area contributed by atoms with Crippen molar-refractivity contribution in [2.45, 2.75) is 13.5 Å². The molecule has 1 aromatic heterocycles. The lowest BCUT2D eigenvalue weighted by Crippen LogP contribution is -2.25. The number of aromatic nitrogens is 2. The van der Waals surface area contributed by atoms with Crippen LogP contribution in [-0.2, 0) is 6.54 Å². The number of nitrogens with one attached hydrogen (secondary N) is 1. The fourth-order valence-electron chi connectivity index (χ4n) is 1.13. The van der Waals surface area contributed by atoms with Crippen LogP contribution >= 0.6 is 0 Å². The monoisotopic (exact) mass is 168 g/mol. The van der Waals surface area contributed by atoms with Crippen molar-refractivity contribution in [1.29, 1.82) is 0 Å². The molecule has 0 amide bonds. The van der Waals surface area contributed by atoms with Gasteiger partial charge >= 0.3 is 0 Å². The highest BCUT2D eigenvalue weighted by Crippen LogP contribution is 2.04. The Morgan fingerprint density at radius 3 is 2.92 bits per heavy atom. The van der Waals surface area contributed by atoms with E-state index < -0.39 is 0 Å². The van der Waals surface area contributed by atoms with E-state index in [4.69, 9.17) is 5.73 Å². The van der Waals surface area contributed by atoms with Gasteiger partial charge in [0.05, 0.1) is 5.69 Å². The van der Waals surface area contributed by atoms with E-state index in [0.717, 1.165) is 18.8 Å². The first kappa shape index (κ1) is 9.22. The molecule has 1 aromatic rings. The van der Waals surface area contributed by atoms with Crippen LogP contribution in [0.25, 0.3) is 0 Å². The van der Waals surface area contributed by atoms with E-state index in [1.54, 1.807) is 0 Å². The third-order valence-corrected chi connectivity index (χ3v) is 1.89. The van der Waals surface area contributed by atoms with E-state index in [1.165, 1.54) is 5.56 Å². The molecule has 0 saturated heterocycles. The van der Waals surface area contributed by atoms with Crippen molar-refractivity contribution in [2.24, 2.45) is 5.73 Å². The Hall–Kier alpha value is -0.870. The molecule has 0 aromatic carbocycles. The predicted molar refractivity (Wildman–Crippen MR) is 48.7 cm³/mol. The highest BCUT2D eigenvalue weighted by atomic mass is 15.1. The van der Waals surface area contributed by atoms with E-state index in [0.29, 0.717) is 6.54 Å². The summed E-state index contributed by atoms with van der Waals surface area (Å²) in [5, 5.41) is 6.88. The molecule has 0 saturated carbocycles. The van der Waals surface area contributed by atoms with Crippen molar-refractivity contribution < 1.29 is 0 Å².